The SMILES string of the molecule is CC(=O)OC(/C=C/C=C/C=O)c1ccccc1. The Morgan fingerprint density at radius 3 is 2.47 bits per heavy atom. The zero-order valence-electron chi connectivity index (χ0n) is 9.58. The van der Waals surface area contributed by atoms with Crippen molar-refractivity contribution in [1.82, 2.24) is 0 Å². The minimum Gasteiger partial charge on any atom is -0.453 e. The molecule has 0 saturated heterocycles. The van der Waals surface area contributed by atoms with Gasteiger partial charge in [0.15, 0.2) is 0 Å². The lowest BCUT2D eigenvalue weighted by Crippen LogP contribution is -2.05. The lowest BCUT2D eigenvalue weighted by Gasteiger charge is -2.12. The lowest BCUT2D eigenvalue weighted by atomic mass is 10.1. The number of ether oxygens (including phenoxy) is 1. The number of hydrogen-bond donors (Lipinski definition) is 0. The number of carbonyl (C=O) groups excluding carboxylic acids is 2. The first-order valence-corrected chi connectivity index (χ1v) is 5.25. The molecule has 0 saturated carbocycles. The molecule has 0 amide bonds. The summed E-state index contributed by atoms with van der Waals surface area (Å²) in [6, 6.07) is 9.40. The molecule has 88 valence electrons. The molecule has 0 aliphatic carbocycles. The van der Waals surface area contributed by atoms with E-state index >= 15 is 0 Å². The van der Waals surface area contributed by atoms with Crippen molar-refractivity contribution < 1.29 is 14.3 Å². The Labute approximate surface area is 100 Å². The minimum atomic E-state index is -0.426. The van der Waals surface area contributed by atoms with Gasteiger partial charge in [-0.25, -0.2) is 0 Å². The molecule has 0 N–H and O–H groups in total. The van der Waals surface area contributed by atoms with Gasteiger partial charge >= 0.3 is 5.97 Å². The zero-order chi connectivity index (χ0) is 12.5. The normalized spacial score (nSPS) is 12.8. The molecule has 1 unspecified atom stereocenters. The van der Waals surface area contributed by atoms with E-state index < -0.39 is 6.10 Å². The van der Waals surface area contributed by atoms with Gasteiger partial charge in [0.2, 0.25) is 0 Å². The van der Waals surface area contributed by atoms with Crippen LogP contribution in [-0.4, -0.2) is 12.3 Å². The van der Waals surface area contributed by atoms with Crippen molar-refractivity contribution in [2.75, 3.05) is 0 Å². The van der Waals surface area contributed by atoms with E-state index in [1.54, 1.807) is 18.2 Å². The standard InChI is InChI=1S/C14H14O3/c1-12(16)17-14(10-6-3-7-11-15)13-8-4-2-5-9-13/h2-11,14H,1H3/b7-3+,10-6+. The molecule has 0 fully saturated rings. The number of benzene rings is 1. The average molecular weight is 230 g/mol. The van der Waals surface area contributed by atoms with Gasteiger partial charge in [-0.05, 0) is 17.7 Å². The highest BCUT2D eigenvalue weighted by Crippen LogP contribution is 2.18. The summed E-state index contributed by atoms with van der Waals surface area (Å²) in [5.41, 5.74) is 0.887. The van der Waals surface area contributed by atoms with Gasteiger partial charge in [0.05, 0.1) is 0 Å². The van der Waals surface area contributed by atoms with Gasteiger partial charge in [-0.1, -0.05) is 42.5 Å². The van der Waals surface area contributed by atoms with Crippen molar-refractivity contribution in [1.29, 1.82) is 0 Å². The number of rotatable bonds is 5. The van der Waals surface area contributed by atoms with Crippen LogP contribution in [0.1, 0.15) is 18.6 Å². The molecule has 3 nitrogen and oxygen atoms in total. The summed E-state index contributed by atoms with van der Waals surface area (Å²) in [4.78, 5) is 21.1. The number of esters is 1. The Morgan fingerprint density at radius 1 is 1.18 bits per heavy atom. The van der Waals surface area contributed by atoms with Gasteiger partial charge in [-0.2, -0.15) is 0 Å². The second-order valence-electron chi connectivity index (χ2n) is 3.35. The Kier molecular flexibility index (Phi) is 5.44. The Bertz CT molecular complexity index is 418. The van der Waals surface area contributed by atoms with Crippen LogP contribution in [0.25, 0.3) is 0 Å². The number of aldehydes is 1. The molecule has 0 radical (unpaired) electrons. The zero-order valence-corrected chi connectivity index (χ0v) is 9.58. The molecule has 0 aliphatic heterocycles. The van der Waals surface area contributed by atoms with Gasteiger partial charge in [-0.15, -0.1) is 0 Å². The number of allylic oxidation sites excluding steroid dienone is 3. The second kappa shape index (κ2) is 7.17. The monoisotopic (exact) mass is 230 g/mol. The predicted octanol–water partition coefficient (Wildman–Crippen LogP) is 2.60. The predicted molar refractivity (Wildman–Crippen MR) is 65.3 cm³/mol. The van der Waals surface area contributed by atoms with E-state index in [2.05, 4.69) is 0 Å². The van der Waals surface area contributed by atoms with Crippen LogP contribution in [0.2, 0.25) is 0 Å². The van der Waals surface area contributed by atoms with Crippen molar-refractivity contribution in [2.45, 2.75) is 13.0 Å². The summed E-state index contributed by atoms with van der Waals surface area (Å²) < 4.78 is 5.17. The van der Waals surface area contributed by atoms with E-state index in [1.807, 2.05) is 30.3 Å². The Hall–Kier alpha value is -2.16. The van der Waals surface area contributed by atoms with Crippen LogP contribution in [0.15, 0.2) is 54.6 Å². The first-order valence-electron chi connectivity index (χ1n) is 5.25. The molecule has 0 spiro atoms. The molecule has 3 heteroatoms. The topological polar surface area (TPSA) is 43.4 Å². The molecule has 0 bridgehead atoms. The summed E-state index contributed by atoms with van der Waals surface area (Å²) >= 11 is 0. The first kappa shape index (κ1) is 12.9. The largest absolute Gasteiger partial charge is 0.453 e. The van der Waals surface area contributed by atoms with Gasteiger partial charge in [-0.3, -0.25) is 9.59 Å². The summed E-state index contributed by atoms with van der Waals surface area (Å²) in [7, 11) is 0. The van der Waals surface area contributed by atoms with Crippen molar-refractivity contribution in [2.24, 2.45) is 0 Å². The Morgan fingerprint density at radius 2 is 1.88 bits per heavy atom. The van der Waals surface area contributed by atoms with Crippen molar-refractivity contribution in [3.8, 4) is 0 Å². The van der Waals surface area contributed by atoms with E-state index in [4.69, 9.17) is 4.74 Å². The van der Waals surface area contributed by atoms with Gasteiger partial charge < -0.3 is 4.74 Å². The number of carbonyl (C=O) groups is 2. The van der Waals surface area contributed by atoms with Crippen molar-refractivity contribution in [3.05, 3.63) is 60.2 Å². The Balaban J connectivity index is 2.81. The first-order chi connectivity index (χ1) is 8.24. The fourth-order valence-electron chi connectivity index (χ4n) is 1.31. The lowest BCUT2D eigenvalue weighted by molar-refractivity contribution is -0.144. The van der Waals surface area contributed by atoms with Crippen LogP contribution in [0.3, 0.4) is 0 Å². The maximum absolute atomic E-state index is 11.0. The number of hydrogen-bond acceptors (Lipinski definition) is 3. The molecular weight excluding hydrogens is 216 g/mol. The van der Waals surface area contributed by atoms with Crippen molar-refractivity contribution >= 4 is 12.3 Å². The van der Waals surface area contributed by atoms with E-state index in [1.165, 1.54) is 13.0 Å². The molecule has 1 aromatic carbocycles. The van der Waals surface area contributed by atoms with E-state index in [0.29, 0.717) is 6.29 Å². The fraction of sp³-hybridized carbons (Fsp3) is 0.143. The third kappa shape index (κ3) is 4.93. The average Bonchev–Trinajstić information content (AvgIpc) is 2.34. The molecule has 17 heavy (non-hydrogen) atoms. The van der Waals surface area contributed by atoms with Crippen LogP contribution in [-0.2, 0) is 14.3 Å². The van der Waals surface area contributed by atoms with Crippen molar-refractivity contribution in [3.63, 3.8) is 0 Å². The van der Waals surface area contributed by atoms with Gasteiger partial charge in [0.25, 0.3) is 0 Å². The van der Waals surface area contributed by atoms with E-state index in [-0.39, 0.29) is 5.97 Å². The van der Waals surface area contributed by atoms with E-state index in [0.717, 1.165) is 5.56 Å². The maximum atomic E-state index is 11.0. The maximum Gasteiger partial charge on any atom is 0.303 e. The van der Waals surface area contributed by atoms with E-state index in [9.17, 15) is 9.59 Å². The minimum absolute atomic E-state index is 0.345. The van der Waals surface area contributed by atoms with Gasteiger partial charge in [0.1, 0.15) is 12.4 Å². The highest BCUT2D eigenvalue weighted by Gasteiger charge is 2.09. The highest BCUT2D eigenvalue weighted by molar-refractivity contribution is 5.66. The molecule has 1 rings (SSSR count). The van der Waals surface area contributed by atoms with Gasteiger partial charge in [0, 0.05) is 6.92 Å². The summed E-state index contributed by atoms with van der Waals surface area (Å²) in [6.07, 6.45) is 6.61. The quantitative estimate of drug-likeness (QED) is 0.338. The van der Waals surface area contributed by atoms with Crippen LogP contribution >= 0.6 is 0 Å². The summed E-state index contributed by atoms with van der Waals surface area (Å²) in [6.45, 7) is 1.37. The fourth-order valence-corrected chi connectivity index (χ4v) is 1.31. The third-order valence-corrected chi connectivity index (χ3v) is 2.01. The smallest absolute Gasteiger partial charge is 0.303 e. The second-order valence-corrected chi connectivity index (χ2v) is 3.35. The molecular formula is C14H14O3. The summed E-state index contributed by atoms with van der Waals surface area (Å²) in [5.74, 6) is -0.345. The molecule has 0 aromatic heterocycles. The molecule has 1 atom stereocenters. The molecule has 1 aromatic rings. The summed E-state index contributed by atoms with van der Waals surface area (Å²) in [5, 5.41) is 0. The van der Waals surface area contributed by atoms with Crippen LogP contribution in [0.5, 0.6) is 0 Å². The van der Waals surface area contributed by atoms with Crippen LogP contribution in [0, 0.1) is 0 Å². The molecule has 0 heterocycles. The van der Waals surface area contributed by atoms with Crippen LogP contribution in [0.4, 0.5) is 0 Å². The highest BCUT2D eigenvalue weighted by atomic mass is 16.5. The third-order valence-electron chi connectivity index (χ3n) is 2.01. The molecule has 0 aliphatic rings. The van der Waals surface area contributed by atoms with Crippen LogP contribution < -0.4 is 0 Å².